The first-order chi connectivity index (χ1) is 12.4. The van der Waals surface area contributed by atoms with E-state index in [0.717, 1.165) is 5.56 Å². The van der Waals surface area contributed by atoms with Crippen molar-refractivity contribution in [3.63, 3.8) is 0 Å². The number of fused-ring (bicyclic) bond motifs is 1. The second-order valence-electron chi connectivity index (χ2n) is 6.39. The summed E-state index contributed by atoms with van der Waals surface area (Å²) in [5.74, 6) is -0.883. The van der Waals surface area contributed by atoms with Gasteiger partial charge in [-0.05, 0) is 31.2 Å². The molecule has 0 spiro atoms. The monoisotopic (exact) mass is 362 g/mol. The summed E-state index contributed by atoms with van der Waals surface area (Å²) >= 11 is 0. The highest BCUT2D eigenvalue weighted by molar-refractivity contribution is 5.71. The van der Waals surface area contributed by atoms with Gasteiger partial charge in [-0.25, -0.2) is 9.97 Å². The smallest absolute Gasteiger partial charge is 0.301 e. The molecule has 7 heteroatoms. The van der Waals surface area contributed by atoms with Gasteiger partial charge in [0, 0.05) is 25.3 Å². The Morgan fingerprint density at radius 3 is 2.50 bits per heavy atom. The van der Waals surface area contributed by atoms with E-state index < -0.39 is 12.0 Å². The van der Waals surface area contributed by atoms with Crippen LogP contribution < -0.4 is 0 Å². The van der Waals surface area contributed by atoms with Gasteiger partial charge in [-0.1, -0.05) is 37.3 Å². The van der Waals surface area contributed by atoms with E-state index in [2.05, 4.69) is 9.97 Å². The molecule has 0 saturated carbocycles. The zero-order valence-corrected chi connectivity index (χ0v) is 14.7. The molecular formula is C19H21F3N4. The first-order valence-corrected chi connectivity index (χ1v) is 8.52. The van der Waals surface area contributed by atoms with Crippen molar-refractivity contribution in [2.45, 2.75) is 32.1 Å². The molecule has 0 saturated heterocycles. The molecule has 138 valence electrons. The molecule has 0 radical (unpaired) electrons. The second-order valence-corrected chi connectivity index (χ2v) is 6.39. The molecule has 0 fully saturated rings. The van der Waals surface area contributed by atoms with Crippen LogP contribution in [0.4, 0.5) is 13.2 Å². The molecule has 0 aliphatic heterocycles. The van der Waals surface area contributed by atoms with Gasteiger partial charge in [-0.2, -0.15) is 13.2 Å². The lowest BCUT2D eigenvalue weighted by atomic mass is 10.1. The largest absolute Gasteiger partial charge is 0.449 e. The lowest BCUT2D eigenvalue weighted by Crippen LogP contribution is -2.29. The van der Waals surface area contributed by atoms with Gasteiger partial charge in [0.25, 0.3) is 0 Å². The summed E-state index contributed by atoms with van der Waals surface area (Å²) in [4.78, 5) is 9.98. The molecule has 0 amide bonds. The minimum absolute atomic E-state index is 0.268. The summed E-state index contributed by atoms with van der Waals surface area (Å²) < 4.78 is 41.9. The first-order valence-electron chi connectivity index (χ1n) is 8.52. The molecule has 0 bridgehead atoms. The Labute approximate surface area is 150 Å². The fourth-order valence-electron chi connectivity index (χ4n) is 3.19. The van der Waals surface area contributed by atoms with Crippen molar-refractivity contribution in [1.29, 1.82) is 0 Å². The number of hydrogen-bond donors (Lipinski definition) is 0. The number of rotatable bonds is 6. The molecule has 0 aliphatic carbocycles. The van der Waals surface area contributed by atoms with Crippen molar-refractivity contribution >= 4 is 11.2 Å². The second kappa shape index (κ2) is 7.45. The molecule has 26 heavy (non-hydrogen) atoms. The van der Waals surface area contributed by atoms with E-state index in [1.54, 1.807) is 12.1 Å². The maximum absolute atomic E-state index is 13.5. The molecular weight excluding hydrogens is 341 g/mol. The van der Waals surface area contributed by atoms with Crippen LogP contribution in [0.3, 0.4) is 0 Å². The van der Waals surface area contributed by atoms with Gasteiger partial charge in [0.2, 0.25) is 5.82 Å². The number of hydrogen-bond acceptors (Lipinski definition) is 3. The Kier molecular flexibility index (Phi) is 5.27. The van der Waals surface area contributed by atoms with Crippen molar-refractivity contribution in [2.24, 2.45) is 0 Å². The van der Waals surface area contributed by atoms with Crippen LogP contribution in [-0.2, 0) is 12.7 Å². The van der Waals surface area contributed by atoms with Crippen molar-refractivity contribution in [3.05, 3.63) is 60.0 Å². The highest BCUT2D eigenvalue weighted by atomic mass is 19.4. The highest BCUT2D eigenvalue weighted by Crippen LogP contribution is 2.34. The topological polar surface area (TPSA) is 34.0 Å². The summed E-state index contributed by atoms with van der Waals surface area (Å²) in [6, 6.07) is 12.7. The van der Waals surface area contributed by atoms with Crippen molar-refractivity contribution in [1.82, 2.24) is 19.4 Å². The fraction of sp³-hybridized carbons (Fsp3) is 0.368. The molecule has 2 aromatic heterocycles. The third-order valence-corrected chi connectivity index (χ3v) is 4.36. The van der Waals surface area contributed by atoms with Crippen LogP contribution in [0.1, 0.15) is 30.8 Å². The van der Waals surface area contributed by atoms with Gasteiger partial charge in [0.15, 0.2) is 5.65 Å². The predicted octanol–water partition coefficient (Wildman–Crippen LogP) is 4.53. The van der Waals surface area contributed by atoms with E-state index in [0.29, 0.717) is 19.5 Å². The van der Waals surface area contributed by atoms with Crippen LogP contribution in [0.2, 0.25) is 0 Å². The normalized spacial score (nSPS) is 13.5. The minimum Gasteiger partial charge on any atom is -0.301 e. The Morgan fingerprint density at radius 1 is 1.12 bits per heavy atom. The number of imidazole rings is 1. The summed E-state index contributed by atoms with van der Waals surface area (Å²) in [5.41, 5.74) is 1.67. The van der Waals surface area contributed by atoms with Crippen molar-refractivity contribution < 1.29 is 13.2 Å². The van der Waals surface area contributed by atoms with E-state index in [4.69, 9.17) is 0 Å². The number of likely N-dealkylation sites (N-methyl/N-ethyl adjacent to an activating group) is 1. The Hall–Kier alpha value is -2.41. The SMILES string of the molecule is CC[C@@H](CN(C)Cc1ccccc1)n1c(C(F)(F)F)nc2cccnc21. The molecule has 3 aromatic rings. The number of alkyl halides is 3. The van der Waals surface area contributed by atoms with Gasteiger partial charge in [0.1, 0.15) is 5.52 Å². The maximum atomic E-state index is 13.5. The zero-order chi connectivity index (χ0) is 18.7. The number of halogens is 3. The molecule has 1 atom stereocenters. The van der Waals surface area contributed by atoms with Crippen LogP contribution in [0.25, 0.3) is 11.2 Å². The van der Waals surface area contributed by atoms with Crippen molar-refractivity contribution in [3.8, 4) is 0 Å². The minimum atomic E-state index is -4.52. The Morgan fingerprint density at radius 2 is 1.85 bits per heavy atom. The molecule has 0 unspecified atom stereocenters. The summed E-state index contributed by atoms with van der Waals surface area (Å²) in [5, 5.41) is 0. The number of aromatic nitrogens is 3. The summed E-state index contributed by atoms with van der Waals surface area (Å²) in [7, 11) is 1.91. The predicted molar refractivity (Wildman–Crippen MR) is 94.6 cm³/mol. The number of benzene rings is 1. The van der Waals surface area contributed by atoms with Crippen molar-refractivity contribution in [2.75, 3.05) is 13.6 Å². The van der Waals surface area contributed by atoms with Crippen LogP contribution in [0, 0.1) is 0 Å². The molecule has 0 aliphatic rings. The third kappa shape index (κ3) is 3.88. The standard InChI is InChI=1S/C19H21F3N4/c1-3-15(13-25(2)12-14-8-5-4-6-9-14)26-17-16(10-7-11-23-17)24-18(26)19(20,21)22/h4-11,15H,3,12-13H2,1-2H3/t15-/m0/s1. The van der Waals surface area contributed by atoms with Crippen LogP contribution in [0.5, 0.6) is 0 Å². The number of nitrogens with zero attached hydrogens (tertiary/aromatic N) is 4. The van der Waals surface area contributed by atoms with Gasteiger partial charge in [-0.3, -0.25) is 0 Å². The Bertz CT molecular complexity index is 858. The van der Waals surface area contributed by atoms with E-state index in [1.165, 1.54) is 10.8 Å². The van der Waals surface area contributed by atoms with Crippen LogP contribution in [0.15, 0.2) is 48.7 Å². The van der Waals surface area contributed by atoms with Gasteiger partial charge >= 0.3 is 6.18 Å². The van der Waals surface area contributed by atoms with Crippen LogP contribution in [-0.4, -0.2) is 33.0 Å². The zero-order valence-electron chi connectivity index (χ0n) is 14.7. The third-order valence-electron chi connectivity index (χ3n) is 4.36. The summed E-state index contributed by atoms with van der Waals surface area (Å²) in [6.45, 7) is 3.02. The lowest BCUT2D eigenvalue weighted by molar-refractivity contribution is -0.147. The van der Waals surface area contributed by atoms with Gasteiger partial charge in [0.05, 0.1) is 0 Å². The molecule has 0 N–H and O–H groups in total. The molecule has 4 nitrogen and oxygen atoms in total. The maximum Gasteiger partial charge on any atom is 0.449 e. The fourth-order valence-corrected chi connectivity index (χ4v) is 3.19. The highest BCUT2D eigenvalue weighted by Gasteiger charge is 2.39. The van der Waals surface area contributed by atoms with E-state index >= 15 is 0 Å². The van der Waals surface area contributed by atoms with E-state index in [-0.39, 0.29) is 17.2 Å². The molecule has 3 rings (SSSR count). The average Bonchev–Trinajstić information content (AvgIpc) is 3.00. The molecule has 1 aromatic carbocycles. The summed E-state index contributed by atoms with van der Waals surface area (Å²) in [6.07, 6.45) is -2.47. The first kappa shape index (κ1) is 18.4. The average molecular weight is 362 g/mol. The lowest BCUT2D eigenvalue weighted by Gasteiger charge is -2.26. The quantitative estimate of drug-likeness (QED) is 0.646. The van der Waals surface area contributed by atoms with Gasteiger partial charge < -0.3 is 9.47 Å². The van der Waals surface area contributed by atoms with Gasteiger partial charge in [-0.15, -0.1) is 0 Å². The van der Waals surface area contributed by atoms with E-state index in [9.17, 15) is 13.2 Å². The Balaban J connectivity index is 1.92. The van der Waals surface area contributed by atoms with Crippen LogP contribution >= 0.6 is 0 Å². The van der Waals surface area contributed by atoms with E-state index in [1.807, 2.05) is 49.2 Å². The molecule has 2 heterocycles. The number of pyridine rings is 1.